The third-order valence-corrected chi connectivity index (χ3v) is 9.87. The Hall–Kier alpha value is -2.08. The van der Waals surface area contributed by atoms with Crippen LogP contribution < -0.4 is 10.9 Å². The van der Waals surface area contributed by atoms with Gasteiger partial charge in [0.2, 0.25) is 16.0 Å². The molecule has 0 aromatic carbocycles. The Balaban J connectivity index is 1.28. The number of rotatable bonds is 6. The summed E-state index contributed by atoms with van der Waals surface area (Å²) in [6.07, 6.45) is 6.84. The summed E-state index contributed by atoms with van der Waals surface area (Å²) in [4.78, 5) is 21.9. The molecular formula is C24H35N5O5S. The van der Waals surface area contributed by atoms with E-state index in [1.54, 1.807) is 28.1 Å². The number of aromatic nitrogens is 3. The first-order valence-electron chi connectivity index (χ1n) is 12.7. The Morgan fingerprint density at radius 2 is 1.91 bits per heavy atom. The predicted octanol–water partition coefficient (Wildman–Crippen LogP) is 1.90. The zero-order chi connectivity index (χ0) is 24.6. The van der Waals surface area contributed by atoms with Crippen LogP contribution in [0.5, 0.6) is 0 Å². The van der Waals surface area contributed by atoms with Gasteiger partial charge in [-0.05, 0) is 63.9 Å². The van der Waals surface area contributed by atoms with E-state index >= 15 is 0 Å². The van der Waals surface area contributed by atoms with Crippen LogP contribution in [0.2, 0.25) is 0 Å². The summed E-state index contributed by atoms with van der Waals surface area (Å²) in [5.41, 5.74) is -0.629. The molecule has 1 aliphatic carbocycles. The fourth-order valence-electron chi connectivity index (χ4n) is 5.72. The van der Waals surface area contributed by atoms with Gasteiger partial charge in [0.05, 0.1) is 17.4 Å². The van der Waals surface area contributed by atoms with Gasteiger partial charge in [-0.1, -0.05) is 0 Å². The van der Waals surface area contributed by atoms with E-state index in [2.05, 4.69) is 15.3 Å². The van der Waals surface area contributed by atoms with Gasteiger partial charge in [0, 0.05) is 50.0 Å². The minimum Gasteiger partial charge on any atom is -0.388 e. The highest BCUT2D eigenvalue weighted by Gasteiger charge is 2.39. The van der Waals surface area contributed by atoms with Crippen LogP contribution in [0, 0.1) is 5.92 Å². The van der Waals surface area contributed by atoms with Crippen molar-refractivity contribution in [1.29, 1.82) is 0 Å². The van der Waals surface area contributed by atoms with E-state index in [0.29, 0.717) is 57.2 Å². The van der Waals surface area contributed by atoms with E-state index in [-0.39, 0.29) is 29.3 Å². The highest BCUT2D eigenvalue weighted by atomic mass is 32.2. The maximum absolute atomic E-state index is 12.9. The van der Waals surface area contributed by atoms with E-state index in [4.69, 9.17) is 4.74 Å². The van der Waals surface area contributed by atoms with Gasteiger partial charge in [-0.15, -0.1) is 0 Å². The summed E-state index contributed by atoms with van der Waals surface area (Å²) in [6, 6.07) is 2.93. The molecule has 2 saturated heterocycles. The van der Waals surface area contributed by atoms with Gasteiger partial charge in [0.15, 0.2) is 0 Å². The molecule has 2 aliphatic heterocycles. The molecule has 192 valence electrons. The number of pyridine rings is 1. The maximum Gasteiger partial charge on any atom is 0.252 e. The second kappa shape index (κ2) is 9.76. The van der Waals surface area contributed by atoms with Crippen molar-refractivity contribution in [3.05, 3.63) is 28.7 Å². The van der Waals surface area contributed by atoms with E-state index in [1.807, 2.05) is 0 Å². The summed E-state index contributed by atoms with van der Waals surface area (Å²) in [7, 11) is -3.28. The molecule has 0 spiro atoms. The molecule has 0 bridgehead atoms. The molecule has 1 saturated carbocycles. The molecule has 2 atom stereocenters. The van der Waals surface area contributed by atoms with Crippen molar-refractivity contribution < 1.29 is 18.3 Å². The number of sulfonamides is 1. The van der Waals surface area contributed by atoms with Crippen molar-refractivity contribution in [2.24, 2.45) is 5.92 Å². The van der Waals surface area contributed by atoms with Gasteiger partial charge in [-0.2, -0.15) is 4.98 Å². The first kappa shape index (κ1) is 24.6. The third kappa shape index (κ3) is 5.23. The van der Waals surface area contributed by atoms with Gasteiger partial charge >= 0.3 is 0 Å². The van der Waals surface area contributed by atoms with Crippen molar-refractivity contribution in [2.45, 2.75) is 69.6 Å². The standard InChI is InChI=1S/C24H35N5O5S/c1-24(31)10-2-3-20(24)29-21(30)5-4-18-15-25-23(27-22(18)29)26-19-6-11-28(12-7-19)35(32,33)16-17-8-13-34-14-9-17/h4-5,15,17,19-20,31H,2-3,6-14,16H2,1H3,(H,25,26,27)/t20-,24-/m0/s1. The molecule has 2 aromatic heterocycles. The Morgan fingerprint density at radius 1 is 1.17 bits per heavy atom. The molecular weight excluding hydrogens is 470 g/mol. The molecule has 35 heavy (non-hydrogen) atoms. The summed E-state index contributed by atoms with van der Waals surface area (Å²) in [5.74, 6) is 0.789. The third-order valence-electron chi connectivity index (χ3n) is 7.82. The van der Waals surface area contributed by atoms with E-state index in [0.717, 1.165) is 31.1 Å². The number of nitrogens with one attached hydrogen (secondary N) is 1. The lowest BCUT2D eigenvalue weighted by Crippen LogP contribution is -2.44. The predicted molar refractivity (Wildman–Crippen MR) is 133 cm³/mol. The van der Waals surface area contributed by atoms with Gasteiger partial charge in [-0.25, -0.2) is 17.7 Å². The van der Waals surface area contributed by atoms with Gasteiger partial charge < -0.3 is 15.2 Å². The van der Waals surface area contributed by atoms with E-state index < -0.39 is 15.6 Å². The number of aliphatic hydroxyl groups is 1. The quantitative estimate of drug-likeness (QED) is 0.610. The van der Waals surface area contributed by atoms with Crippen LogP contribution in [0.25, 0.3) is 11.0 Å². The Bertz CT molecular complexity index is 1220. The topological polar surface area (TPSA) is 127 Å². The Morgan fingerprint density at radius 3 is 2.60 bits per heavy atom. The van der Waals surface area contributed by atoms with Crippen LogP contribution in [-0.4, -0.2) is 76.1 Å². The van der Waals surface area contributed by atoms with Crippen LogP contribution in [0.4, 0.5) is 5.95 Å². The molecule has 10 nitrogen and oxygen atoms in total. The SMILES string of the molecule is C[C@]1(O)CCC[C@@H]1n1c(=O)ccc2cnc(NC3CCN(S(=O)(=O)CC4CCOCC4)CC3)nc21. The van der Waals surface area contributed by atoms with E-state index in [1.165, 1.54) is 6.07 Å². The summed E-state index contributed by atoms with van der Waals surface area (Å²) in [6.45, 7) is 3.99. The molecule has 0 amide bonds. The number of hydrogen-bond acceptors (Lipinski definition) is 8. The molecule has 4 heterocycles. The molecule has 2 N–H and O–H groups in total. The minimum atomic E-state index is -3.28. The molecule has 3 aliphatic rings. The van der Waals surface area contributed by atoms with Crippen molar-refractivity contribution >= 4 is 27.0 Å². The van der Waals surface area contributed by atoms with Crippen LogP contribution in [0.15, 0.2) is 23.1 Å². The van der Waals surface area contributed by atoms with Crippen LogP contribution in [-0.2, 0) is 14.8 Å². The van der Waals surface area contributed by atoms with Crippen LogP contribution >= 0.6 is 0 Å². The number of nitrogens with zero attached hydrogens (tertiary/aromatic N) is 4. The second-order valence-electron chi connectivity index (χ2n) is 10.4. The zero-order valence-electron chi connectivity index (χ0n) is 20.2. The lowest BCUT2D eigenvalue weighted by atomic mass is 10.00. The number of fused-ring (bicyclic) bond motifs is 1. The van der Waals surface area contributed by atoms with Crippen molar-refractivity contribution in [1.82, 2.24) is 18.8 Å². The molecule has 5 rings (SSSR count). The fourth-order valence-corrected chi connectivity index (χ4v) is 7.63. The van der Waals surface area contributed by atoms with Gasteiger partial charge in [0.1, 0.15) is 5.65 Å². The lowest BCUT2D eigenvalue weighted by Gasteiger charge is -2.33. The maximum atomic E-state index is 12.9. The van der Waals surface area contributed by atoms with E-state index in [9.17, 15) is 18.3 Å². The highest BCUT2D eigenvalue weighted by molar-refractivity contribution is 7.89. The minimum absolute atomic E-state index is 0.0421. The largest absolute Gasteiger partial charge is 0.388 e. The van der Waals surface area contributed by atoms with Crippen molar-refractivity contribution in [3.63, 3.8) is 0 Å². The molecule has 2 aromatic rings. The monoisotopic (exact) mass is 505 g/mol. The summed E-state index contributed by atoms with van der Waals surface area (Å²) >= 11 is 0. The first-order chi connectivity index (χ1) is 16.7. The van der Waals surface area contributed by atoms with Gasteiger partial charge in [-0.3, -0.25) is 9.36 Å². The first-order valence-corrected chi connectivity index (χ1v) is 14.3. The Labute approximate surface area is 205 Å². The van der Waals surface area contributed by atoms with Gasteiger partial charge in [0.25, 0.3) is 5.56 Å². The normalized spacial score (nSPS) is 27.4. The van der Waals surface area contributed by atoms with Crippen LogP contribution in [0.3, 0.4) is 0 Å². The molecule has 11 heteroatoms. The van der Waals surface area contributed by atoms with Crippen LogP contribution in [0.1, 0.15) is 57.9 Å². The smallest absolute Gasteiger partial charge is 0.252 e. The molecule has 3 fully saturated rings. The lowest BCUT2D eigenvalue weighted by molar-refractivity contribution is 0.0267. The number of hydrogen-bond donors (Lipinski definition) is 2. The number of ether oxygens (including phenoxy) is 1. The average molecular weight is 506 g/mol. The average Bonchev–Trinajstić information content (AvgIpc) is 3.18. The molecule has 0 unspecified atom stereocenters. The summed E-state index contributed by atoms with van der Waals surface area (Å²) < 4.78 is 34.4. The molecule has 0 radical (unpaired) electrons. The summed E-state index contributed by atoms with van der Waals surface area (Å²) in [5, 5.41) is 14.9. The highest BCUT2D eigenvalue weighted by Crippen LogP contribution is 2.39. The zero-order valence-corrected chi connectivity index (χ0v) is 21.0. The van der Waals surface area contributed by atoms with Crippen molar-refractivity contribution in [3.8, 4) is 0 Å². The van der Waals surface area contributed by atoms with Crippen molar-refractivity contribution in [2.75, 3.05) is 37.4 Å². The Kier molecular flexibility index (Phi) is 6.86. The second-order valence-corrected chi connectivity index (χ2v) is 12.4. The number of anilines is 1. The number of piperidine rings is 1. The fraction of sp³-hybridized carbons (Fsp3) is 0.708.